The molecule has 26 heavy (non-hydrogen) atoms. The van der Waals surface area contributed by atoms with Gasteiger partial charge in [0.1, 0.15) is 0 Å². The van der Waals surface area contributed by atoms with Crippen LogP contribution >= 0.6 is 0 Å². The molecule has 2 aliphatic heterocycles. The van der Waals surface area contributed by atoms with E-state index in [0.717, 1.165) is 58.1 Å². The van der Waals surface area contributed by atoms with Gasteiger partial charge in [-0.1, -0.05) is 0 Å². The highest BCUT2D eigenvalue weighted by Crippen LogP contribution is 2.18. The highest BCUT2D eigenvalue weighted by Gasteiger charge is 2.23. The van der Waals surface area contributed by atoms with Crippen molar-refractivity contribution in [2.75, 3.05) is 53.5 Å². The molecular weight excluding hydrogens is 332 g/mol. The third-order valence-corrected chi connectivity index (χ3v) is 4.95. The minimum absolute atomic E-state index is 0.113. The van der Waals surface area contributed by atoms with E-state index in [1.165, 1.54) is 12.8 Å². The number of nitrogens with one attached hydrogen (secondary N) is 1. The van der Waals surface area contributed by atoms with Crippen molar-refractivity contribution in [1.82, 2.24) is 15.1 Å². The normalized spacial score (nSPS) is 22.3. The Kier molecular flexibility index (Phi) is 9.18. The minimum Gasteiger partial charge on any atom is -0.376 e. The summed E-state index contributed by atoms with van der Waals surface area (Å²) in [5.41, 5.74) is 0. The Hall–Kier alpha value is -1.34. The third kappa shape index (κ3) is 7.11. The van der Waals surface area contributed by atoms with Crippen molar-refractivity contribution in [3.63, 3.8) is 0 Å². The van der Waals surface area contributed by atoms with E-state index in [1.54, 1.807) is 19.0 Å². The lowest BCUT2D eigenvalue weighted by atomic mass is 10.1. The fraction of sp³-hybridized carbons (Fsp3) is 0.895. The maximum Gasteiger partial charge on any atom is 0.223 e. The Balaban J connectivity index is 1.72. The third-order valence-electron chi connectivity index (χ3n) is 4.95. The molecule has 1 amide bonds. The zero-order chi connectivity index (χ0) is 18.8. The second-order valence-electron chi connectivity index (χ2n) is 7.28. The molecule has 7 nitrogen and oxygen atoms in total. The number of carbonyl (C=O) groups is 1. The summed E-state index contributed by atoms with van der Waals surface area (Å²) < 4.78 is 11.8. The van der Waals surface area contributed by atoms with Crippen LogP contribution in [0.25, 0.3) is 0 Å². The smallest absolute Gasteiger partial charge is 0.223 e. The predicted octanol–water partition coefficient (Wildman–Crippen LogP) is 1.48. The number of carbonyl (C=O) groups excluding carboxylic acids is 1. The van der Waals surface area contributed by atoms with Gasteiger partial charge >= 0.3 is 0 Å². The Labute approximate surface area is 158 Å². The van der Waals surface area contributed by atoms with Crippen molar-refractivity contribution in [1.29, 1.82) is 0 Å². The highest BCUT2D eigenvalue weighted by molar-refractivity contribution is 5.81. The van der Waals surface area contributed by atoms with E-state index in [4.69, 9.17) is 9.47 Å². The number of ether oxygens (including phenoxy) is 2. The summed E-state index contributed by atoms with van der Waals surface area (Å²) in [5, 5.41) is 3.34. The van der Waals surface area contributed by atoms with Crippen LogP contribution in [0.15, 0.2) is 4.99 Å². The van der Waals surface area contributed by atoms with Crippen LogP contribution in [0, 0.1) is 0 Å². The first-order valence-electron chi connectivity index (χ1n) is 10.1. The lowest BCUT2D eigenvalue weighted by Gasteiger charge is -2.35. The number of rotatable bonds is 7. The van der Waals surface area contributed by atoms with Gasteiger partial charge in [-0.25, -0.2) is 0 Å². The first-order chi connectivity index (χ1) is 12.6. The quantitative estimate of drug-likeness (QED) is 0.545. The average Bonchev–Trinajstić information content (AvgIpc) is 2.67. The fourth-order valence-corrected chi connectivity index (χ4v) is 3.32. The Morgan fingerprint density at radius 1 is 1.27 bits per heavy atom. The van der Waals surface area contributed by atoms with E-state index < -0.39 is 0 Å². The van der Waals surface area contributed by atoms with Gasteiger partial charge in [0.15, 0.2) is 5.96 Å². The van der Waals surface area contributed by atoms with Crippen LogP contribution in [0.1, 0.15) is 45.4 Å². The topological polar surface area (TPSA) is 66.4 Å². The summed E-state index contributed by atoms with van der Waals surface area (Å²) in [4.78, 5) is 20.2. The molecule has 1 N–H and O–H groups in total. The van der Waals surface area contributed by atoms with E-state index in [2.05, 4.69) is 22.1 Å². The van der Waals surface area contributed by atoms with Crippen molar-refractivity contribution in [3.8, 4) is 0 Å². The predicted molar refractivity (Wildman–Crippen MR) is 103 cm³/mol. The minimum atomic E-state index is 0.113. The molecule has 0 aromatic rings. The molecule has 7 heteroatoms. The van der Waals surface area contributed by atoms with Crippen molar-refractivity contribution in [2.24, 2.45) is 4.99 Å². The maximum atomic E-state index is 11.7. The molecule has 0 bridgehead atoms. The maximum absolute atomic E-state index is 11.7. The molecule has 2 rings (SSSR count). The van der Waals surface area contributed by atoms with Crippen LogP contribution in [0.4, 0.5) is 0 Å². The highest BCUT2D eigenvalue weighted by atomic mass is 16.5. The molecule has 0 aliphatic carbocycles. The molecule has 2 saturated heterocycles. The summed E-state index contributed by atoms with van der Waals surface area (Å²) in [5.74, 6) is 1.02. The second kappa shape index (κ2) is 11.4. The van der Waals surface area contributed by atoms with E-state index >= 15 is 0 Å². The lowest BCUT2D eigenvalue weighted by Crippen LogP contribution is -2.47. The van der Waals surface area contributed by atoms with Gasteiger partial charge in [0.2, 0.25) is 5.91 Å². The van der Waals surface area contributed by atoms with Crippen LogP contribution in [0.2, 0.25) is 0 Å². The fourth-order valence-electron chi connectivity index (χ4n) is 3.32. The summed E-state index contributed by atoms with van der Waals surface area (Å²) in [7, 11) is 3.56. The molecule has 0 aromatic carbocycles. The van der Waals surface area contributed by atoms with Gasteiger partial charge in [0, 0.05) is 46.8 Å². The van der Waals surface area contributed by atoms with Gasteiger partial charge in [-0.05, 0) is 39.0 Å². The van der Waals surface area contributed by atoms with Gasteiger partial charge < -0.3 is 24.6 Å². The Morgan fingerprint density at radius 2 is 2.04 bits per heavy atom. The van der Waals surface area contributed by atoms with Gasteiger partial charge in [-0.2, -0.15) is 0 Å². The monoisotopic (exact) mass is 368 g/mol. The van der Waals surface area contributed by atoms with E-state index in [9.17, 15) is 4.79 Å². The van der Waals surface area contributed by atoms with Gasteiger partial charge in [0.05, 0.1) is 25.4 Å². The van der Waals surface area contributed by atoms with Crippen LogP contribution < -0.4 is 5.32 Å². The number of likely N-dealkylation sites (tertiary alicyclic amines) is 1. The Bertz CT molecular complexity index is 442. The first-order valence-corrected chi connectivity index (χ1v) is 10.1. The number of amides is 1. The van der Waals surface area contributed by atoms with E-state index in [-0.39, 0.29) is 12.0 Å². The van der Waals surface area contributed by atoms with Gasteiger partial charge in [-0.3, -0.25) is 9.79 Å². The number of hydrogen-bond acceptors (Lipinski definition) is 4. The van der Waals surface area contributed by atoms with Gasteiger partial charge in [0.25, 0.3) is 0 Å². The summed E-state index contributed by atoms with van der Waals surface area (Å²) in [6, 6.07) is 0. The number of aliphatic imine (C=N–C) groups is 1. The van der Waals surface area contributed by atoms with E-state index in [0.29, 0.717) is 19.1 Å². The standard InChI is InChI=1S/C19H36N4O3/c1-4-20-19(21-11-8-18(24)22(2)3)23-12-9-16(10-13-23)26-15-17-7-5-6-14-25-17/h16-17H,4-15H2,1-3H3,(H,20,21). The van der Waals surface area contributed by atoms with Crippen LogP contribution in [-0.4, -0.2) is 87.4 Å². The molecule has 1 atom stereocenters. The molecule has 150 valence electrons. The Morgan fingerprint density at radius 3 is 2.65 bits per heavy atom. The molecule has 0 aromatic heterocycles. The zero-order valence-electron chi connectivity index (χ0n) is 16.7. The van der Waals surface area contributed by atoms with Crippen LogP contribution in [-0.2, 0) is 14.3 Å². The number of guanidine groups is 1. The summed E-state index contributed by atoms with van der Waals surface area (Å²) in [6.07, 6.45) is 6.63. The second-order valence-corrected chi connectivity index (χ2v) is 7.28. The molecule has 2 heterocycles. The number of hydrogen-bond donors (Lipinski definition) is 1. The van der Waals surface area contributed by atoms with Crippen LogP contribution in [0.3, 0.4) is 0 Å². The first kappa shape index (κ1) is 21.0. The zero-order valence-corrected chi connectivity index (χ0v) is 16.7. The molecule has 1 unspecified atom stereocenters. The SMILES string of the molecule is CCNC(=NCCC(=O)N(C)C)N1CCC(OCC2CCCCO2)CC1. The number of piperidine rings is 1. The van der Waals surface area contributed by atoms with Crippen molar-refractivity contribution < 1.29 is 14.3 Å². The molecule has 0 radical (unpaired) electrons. The van der Waals surface area contributed by atoms with Crippen molar-refractivity contribution in [3.05, 3.63) is 0 Å². The molecule has 2 aliphatic rings. The molecular formula is C19H36N4O3. The van der Waals surface area contributed by atoms with E-state index in [1.807, 2.05) is 0 Å². The van der Waals surface area contributed by atoms with Crippen molar-refractivity contribution in [2.45, 2.75) is 57.7 Å². The molecule has 0 spiro atoms. The largest absolute Gasteiger partial charge is 0.376 e. The lowest BCUT2D eigenvalue weighted by molar-refractivity contribution is -0.128. The average molecular weight is 369 g/mol. The molecule has 0 saturated carbocycles. The molecule has 2 fully saturated rings. The van der Waals surface area contributed by atoms with Crippen LogP contribution in [0.5, 0.6) is 0 Å². The van der Waals surface area contributed by atoms with Gasteiger partial charge in [-0.15, -0.1) is 0 Å². The van der Waals surface area contributed by atoms with Crippen molar-refractivity contribution >= 4 is 11.9 Å². The summed E-state index contributed by atoms with van der Waals surface area (Å²) in [6.45, 7) is 6.90. The summed E-state index contributed by atoms with van der Waals surface area (Å²) >= 11 is 0. The number of nitrogens with zero attached hydrogens (tertiary/aromatic N) is 3.